The minimum absolute atomic E-state index is 0.0900. The van der Waals surface area contributed by atoms with E-state index in [4.69, 9.17) is 5.11 Å². The molecule has 1 atom stereocenters. The van der Waals surface area contributed by atoms with Crippen molar-refractivity contribution >= 4 is 17.7 Å². The van der Waals surface area contributed by atoms with Crippen LogP contribution >= 0.6 is 0 Å². The van der Waals surface area contributed by atoms with Gasteiger partial charge in [-0.3, -0.25) is 25.8 Å². The number of rotatable bonds is 6. The maximum atomic E-state index is 11.3. The Hall–Kier alpha value is -2.15. The highest BCUT2D eigenvalue weighted by Gasteiger charge is 2.11. The van der Waals surface area contributed by atoms with Gasteiger partial charge in [0.1, 0.15) is 11.9 Å². The fraction of sp³-hybridized carbons (Fsp3) is 0.300. The quantitative estimate of drug-likeness (QED) is 0.502. The molecule has 1 aromatic rings. The number of anilines is 1. The predicted octanol–water partition coefficient (Wildman–Crippen LogP) is -0.413. The number of pyridine rings is 1. The van der Waals surface area contributed by atoms with Crippen molar-refractivity contribution in [1.82, 2.24) is 15.7 Å². The lowest BCUT2D eigenvalue weighted by atomic mass is 10.3. The summed E-state index contributed by atoms with van der Waals surface area (Å²) in [5.41, 5.74) is 4.99. The second-order valence-corrected chi connectivity index (χ2v) is 3.33. The van der Waals surface area contributed by atoms with E-state index < -0.39 is 12.0 Å². The van der Waals surface area contributed by atoms with Gasteiger partial charge in [-0.05, 0) is 19.1 Å². The third-order valence-corrected chi connectivity index (χ3v) is 1.93. The molecule has 1 heterocycles. The van der Waals surface area contributed by atoms with Crippen molar-refractivity contribution in [2.45, 2.75) is 13.0 Å². The fourth-order valence-electron chi connectivity index (χ4n) is 0.948. The monoisotopic (exact) mass is 238 g/mol. The highest BCUT2D eigenvalue weighted by Crippen LogP contribution is 1.96. The highest BCUT2D eigenvalue weighted by molar-refractivity contribution is 5.80. The van der Waals surface area contributed by atoms with Crippen LogP contribution in [0.5, 0.6) is 0 Å². The second kappa shape index (κ2) is 6.44. The maximum absolute atomic E-state index is 11.3. The summed E-state index contributed by atoms with van der Waals surface area (Å²) in [6.45, 7) is 1.37. The van der Waals surface area contributed by atoms with Gasteiger partial charge in [0.15, 0.2) is 0 Å². The summed E-state index contributed by atoms with van der Waals surface area (Å²) in [6, 6.07) is 4.44. The van der Waals surface area contributed by atoms with Gasteiger partial charge in [-0.1, -0.05) is 6.07 Å². The molecule has 7 nitrogen and oxygen atoms in total. The van der Waals surface area contributed by atoms with Crippen molar-refractivity contribution in [2.24, 2.45) is 0 Å². The largest absolute Gasteiger partial charge is 0.480 e. The molecule has 92 valence electrons. The Labute approximate surface area is 98.2 Å². The Kier molecular flexibility index (Phi) is 4.89. The van der Waals surface area contributed by atoms with Crippen molar-refractivity contribution in [3.63, 3.8) is 0 Å². The molecule has 0 aliphatic rings. The van der Waals surface area contributed by atoms with Crippen LogP contribution < -0.4 is 16.2 Å². The van der Waals surface area contributed by atoms with Gasteiger partial charge in [0.25, 0.3) is 5.91 Å². The Morgan fingerprint density at radius 2 is 2.24 bits per heavy atom. The van der Waals surface area contributed by atoms with E-state index in [2.05, 4.69) is 21.2 Å². The van der Waals surface area contributed by atoms with Crippen molar-refractivity contribution in [3.05, 3.63) is 24.4 Å². The molecule has 4 N–H and O–H groups in total. The van der Waals surface area contributed by atoms with Crippen LogP contribution in [-0.4, -0.2) is 34.6 Å². The summed E-state index contributed by atoms with van der Waals surface area (Å²) in [6.07, 6.45) is 1.58. The average Bonchev–Trinajstić information content (AvgIpc) is 2.34. The van der Waals surface area contributed by atoms with Crippen LogP contribution in [-0.2, 0) is 9.59 Å². The van der Waals surface area contributed by atoms with Gasteiger partial charge in [0.2, 0.25) is 0 Å². The number of carbonyl (C=O) groups excluding carboxylic acids is 1. The Morgan fingerprint density at radius 3 is 2.82 bits per heavy atom. The van der Waals surface area contributed by atoms with Gasteiger partial charge < -0.3 is 5.11 Å². The Bertz CT molecular complexity index is 382. The van der Waals surface area contributed by atoms with Crippen molar-refractivity contribution in [2.75, 3.05) is 12.0 Å². The molecule has 0 radical (unpaired) electrons. The van der Waals surface area contributed by atoms with Crippen molar-refractivity contribution in [3.8, 4) is 0 Å². The summed E-state index contributed by atoms with van der Waals surface area (Å²) >= 11 is 0. The van der Waals surface area contributed by atoms with Gasteiger partial charge >= 0.3 is 5.97 Å². The minimum atomic E-state index is -1.00. The van der Waals surface area contributed by atoms with E-state index in [9.17, 15) is 9.59 Å². The molecule has 0 saturated carbocycles. The zero-order valence-electron chi connectivity index (χ0n) is 9.30. The average molecular weight is 238 g/mol. The summed E-state index contributed by atoms with van der Waals surface area (Å²) in [5.74, 6) is -0.869. The standard InChI is InChI=1S/C10H14N4O3/c1-7(10(16)17)12-6-9(15)14-13-8-4-2-3-5-11-8/h2-5,7,12H,6H2,1H3,(H,11,13)(H,14,15)(H,16,17)/t7-/m1/s1. The Balaban J connectivity index is 2.24. The van der Waals surface area contributed by atoms with E-state index in [1.807, 2.05) is 0 Å². The van der Waals surface area contributed by atoms with Crippen LogP contribution in [0.15, 0.2) is 24.4 Å². The predicted molar refractivity (Wildman–Crippen MR) is 61.1 cm³/mol. The van der Waals surface area contributed by atoms with Crippen LogP contribution in [0.4, 0.5) is 5.82 Å². The maximum Gasteiger partial charge on any atom is 0.320 e. The van der Waals surface area contributed by atoms with Crippen LogP contribution in [0, 0.1) is 0 Å². The number of carboxylic acid groups (broad SMARTS) is 1. The molecule has 0 spiro atoms. The third-order valence-electron chi connectivity index (χ3n) is 1.93. The molecule has 0 bridgehead atoms. The van der Waals surface area contributed by atoms with E-state index in [0.717, 1.165) is 0 Å². The van der Waals surface area contributed by atoms with Crippen LogP contribution in [0.25, 0.3) is 0 Å². The zero-order chi connectivity index (χ0) is 12.7. The van der Waals surface area contributed by atoms with E-state index in [1.165, 1.54) is 6.92 Å². The number of nitrogens with one attached hydrogen (secondary N) is 3. The molecular formula is C10H14N4O3. The number of hydrogen-bond acceptors (Lipinski definition) is 5. The molecule has 0 saturated heterocycles. The van der Waals surface area contributed by atoms with E-state index in [1.54, 1.807) is 24.4 Å². The molecule has 1 rings (SSSR count). The second-order valence-electron chi connectivity index (χ2n) is 3.33. The smallest absolute Gasteiger partial charge is 0.320 e. The van der Waals surface area contributed by atoms with Crippen molar-refractivity contribution < 1.29 is 14.7 Å². The fourth-order valence-corrected chi connectivity index (χ4v) is 0.948. The number of hydrazine groups is 1. The van der Waals surface area contributed by atoms with Crippen LogP contribution in [0.1, 0.15) is 6.92 Å². The molecule has 0 aliphatic carbocycles. The topological polar surface area (TPSA) is 103 Å². The molecule has 0 aromatic carbocycles. The summed E-state index contributed by atoms with van der Waals surface area (Å²) in [4.78, 5) is 25.7. The minimum Gasteiger partial charge on any atom is -0.480 e. The third kappa shape index (κ3) is 4.94. The zero-order valence-corrected chi connectivity index (χ0v) is 9.30. The van der Waals surface area contributed by atoms with Gasteiger partial charge in [0, 0.05) is 6.20 Å². The first-order chi connectivity index (χ1) is 8.09. The molecular weight excluding hydrogens is 224 g/mol. The van der Waals surface area contributed by atoms with Crippen LogP contribution in [0.2, 0.25) is 0 Å². The van der Waals surface area contributed by atoms with Gasteiger partial charge in [-0.2, -0.15) is 0 Å². The first-order valence-electron chi connectivity index (χ1n) is 5.01. The first-order valence-corrected chi connectivity index (χ1v) is 5.01. The summed E-state index contributed by atoms with van der Waals surface area (Å²) in [5, 5.41) is 11.1. The van der Waals surface area contributed by atoms with Crippen LogP contribution in [0.3, 0.4) is 0 Å². The lowest BCUT2D eigenvalue weighted by Crippen LogP contribution is -2.43. The summed E-state index contributed by atoms with van der Waals surface area (Å²) < 4.78 is 0. The molecule has 17 heavy (non-hydrogen) atoms. The van der Waals surface area contributed by atoms with Gasteiger partial charge in [0.05, 0.1) is 6.54 Å². The molecule has 0 fully saturated rings. The lowest BCUT2D eigenvalue weighted by molar-refractivity contribution is -0.139. The van der Waals surface area contributed by atoms with E-state index in [0.29, 0.717) is 5.82 Å². The number of nitrogens with zero attached hydrogens (tertiary/aromatic N) is 1. The Morgan fingerprint density at radius 1 is 1.47 bits per heavy atom. The number of aliphatic carboxylic acids is 1. The molecule has 1 aromatic heterocycles. The molecule has 7 heteroatoms. The number of carboxylic acids is 1. The molecule has 0 aliphatic heterocycles. The summed E-state index contributed by atoms with van der Waals surface area (Å²) in [7, 11) is 0. The van der Waals surface area contributed by atoms with E-state index in [-0.39, 0.29) is 12.5 Å². The first kappa shape index (κ1) is 12.9. The van der Waals surface area contributed by atoms with Gasteiger partial charge in [-0.25, -0.2) is 4.98 Å². The number of aromatic nitrogens is 1. The number of amides is 1. The highest BCUT2D eigenvalue weighted by atomic mass is 16.4. The SMILES string of the molecule is C[C@@H](NCC(=O)NNc1ccccn1)C(=O)O. The van der Waals surface area contributed by atoms with Gasteiger partial charge in [-0.15, -0.1) is 0 Å². The van der Waals surface area contributed by atoms with E-state index >= 15 is 0 Å². The normalized spacial score (nSPS) is 11.6. The number of hydrogen-bond donors (Lipinski definition) is 4. The van der Waals surface area contributed by atoms with Crippen molar-refractivity contribution in [1.29, 1.82) is 0 Å². The number of carbonyl (C=O) groups is 2. The molecule has 1 amide bonds. The lowest BCUT2D eigenvalue weighted by Gasteiger charge is -2.10. The molecule has 0 unspecified atom stereocenters.